The van der Waals surface area contributed by atoms with E-state index in [4.69, 9.17) is 0 Å². The van der Waals surface area contributed by atoms with Crippen LogP contribution in [-0.4, -0.2) is 52.6 Å². The molecule has 0 unspecified atom stereocenters. The molecule has 0 N–H and O–H groups in total. The first-order valence-electron chi connectivity index (χ1n) is 11.6. The highest BCUT2D eigenvalue weighted by Crippen LogP contribution is 2.17. The first kappa shape index (κ1) is 24.8. The van der Waals surface area contributed by atoms with Crippen LogP contribution in [0.5, 0.6) is 0 Å². The van der Waals surface area contributed by atoms with Gasteiger partial charge in [-0.25, -0.2) is 4.58 Å². The fraction of sp³-hybridized carbons (Fsp3) is 0.194. The van der Waals surface area contributed by atoms with Crippen molar-refractivity contribution in [3.8, 4) is 0 Å². The van der Waals surface area contributed by atoms with Crippen molar-refractivity contribution in [2.24, 2.45) is 0 Å². The first-order valence-corrected chi connectivity index (χ1v) is 11.6. The smallest absolute Gasteiger partial charge is 0.199 e. The maximum atomic E-state index is 2.17. The summed E-state index contributed by atoms with van der Waals surface area (Å²) < 4.78 is 2.11. The van der Waals surface area contributed by atoms with E-state index in [-0.39, 0.29) is 0 Å². The molecular weight excluding hydrogens is 414 g/mol. The van der Waals surface area contributed by atoms with E-state index >= 15 is 0 Å². The number of allylic oxidation sites excluding steroid dienone is 10. The van der Waals surface area contributed by atoms with E-state index < -0.39 is 0 Å². The van der Waals surface area contributed by atoms with E-state index in [1.165, 1.54) is 33.8 Å². The molecular formula is C31H36N3+. The van der Waals surface area contributed by atoms with Gasteiger partial charge in [0.05, 0.1) is 0 Å². The molecule has 0 amide bonds. The van der Waals surface area contributed by atoms with Crippen LogP contribution < -0.4 is 9.80 Å². The third-order valence-corrected chi connectivity index (χ3v) is 5.63. The van der Waals surface area contributed by atoms with Crippen LogP contribution in [0.4, 0.5) is 11.4 Å². The van der Waals surface area contributed by atoms with Crippen molar-refractivity contribution < 1.29 is 4.58 Å². The van der Waals surface area contributed by atoms with Gasteiger partial charge < -0.3 is 9.80 Å². The molecule has 0 radical (unpaired) electrons. The summed E-state index contributed by atoms with van der Waals surface area (Å²) in [7, 11) is 12.3. The summed E-state index contributed by atoms with van der Waals surface area (Å²) in [4.78, 5) is 4.22. The molecule has 2 aromatic carbocycles. The standard InChI is InChI=1S/C31H36N3/c1-32(2)29-19-13-26(14-20-29)10-7-25(8-11-27-15-21-30(22-16-27)33(3)4)9-12-28-17-23-31(24-18-28)34(5)6/h7-24H,1-6H3/q+1. The van der Waals surface area contributed by atoms with Crippen molar-refractivity contribution in [2.75, 3.05) is 52.1 Å². The molecule has 0 aromatic heterocycles. The summed E-state index contributed by atoms with van der Waals surface area (Å²) in [6.45, 7) is 0. The van der Waals surface area contributed by atoms with Gasteiger partial charge in [0.1, 0.15) is 14.1 Å². The van der Waals surface area contributed by atoms with Gasteiger partial charge >= 0.3 is 0 Å². The molecule has 0 heterocycles. The van der Waals surface area contributed by atoms with Crippen molar-refractivity contribution in [3.63, 3.8) is 0 Å². The predicted octanol–water partition coefficient (Wildman–Crippen LogP) is 6.24. The van der Waals surface area contributed by atoms with Crippen molar-refractivity contribution >= 4 is 29.2 Å². The second-order valence-electron chi connectivity index (χ2n) is 8.96. The largest absolute Gasteiger partial charge is 0.378 e. The first-order chi connectivity index (χ1) is 16.3. The van der Waals surface area contributed by atoms with E-state index in [0.29, 0.717) is 0 Å². The number of rotatable bonds is 7. The lowest BCUT2D eigenvalue weighted by Crippen LogP contribution is -2.09. The Morgan fingerprint density at radius 3 is 1.47 bits per heavy atom. The molecule has 0 spiro atoms. The van der Waals surface area contributed by atoms with Crippen LogP contribution in [0.1, 0.15) is 11.1 Å². The Labute approximate surface area is 205 Å². The Morgan fingerprint density at radius 1 is 0.647 bits per heavy atom. The van der Waals surface area contributed by atoms with E-state index in [0.717, 1.165) is 5.57 Å². The van der Waals surface area contributed by atoms with Crippen LogP contribution in [0, 0.1) is 0 Å². The maximum Gasteiger partial charge on any atom is 0.199 e. The van der Waals surface area contributed by atoms with Crippen LogP contribution >= 0.6 is 0 Å². The zero-order valence-corrected chi connectivity index (χ0v) is 21.2. The van der Waals surface area contributed by atoms with Crippen molar-refractivity contribution in [3.05, 3.63) is 119 Å². The Morgan fingerprint density at radius 2 is 1.09 bits per heavy atom. The van der Waals surface area contributed by atoms with E-state index in [9.17, 15) is 0 Å². The van der Waals surface area contributed by atoms with E-state index in [1.54, 1.807) is 0 Å². The molecule has 0 bridgehead atoms. The van der Waals surface area contributed by atoms with Crippen LogP contribution in [0.3, 0.4) is 0 Å². The normalized spacial score (nSPS) is 13.0. The van der Waals surface area contributed by atoms with Crippen LogP contribution in [0.25, 0.3) is 12.2 Å². The molecule has 0 fully saturated rings. The molecule has 2 aromatic rings. The van der Waals surface area contributed by atoms with Gasteiger partial charge in [-0.2, -0.15) is 0 Å². The molecule has 1 aliphatic carbocycles. The molecule has 0 aliphatic heterocycles. The van der Waals surface area contributed by atoms with Gasteiger partial charge in [0.2, 0.25) is 0 Å². The lowest BCUT2D eigenvalue weighted by Gasteiger charge is -2.11. The third-order valence-electron chi connectivity index (χ3n) is 5.63. The summed E-state index contributed by atoms with van der Waals surface area (Å²) >= 11 is 0. The number of hydrogen-bond donors (Lipinski definition) is 0. The van der Waals surface area contributed by atoms with E-state index in [1.807, 2.05) is 0 Å². The van der Waals surface area contributed by atoms with Crippen LogP contribution in [-0.2, 0) is 0 Å². The zero-order chi connectivity index (χ0) is 24.5. The van der Waals surface area contributed by atoms with Crippen LogP contribution in [0.2, 0.25) is 0 Å². The second-order valence-corrected chi connectivity index (χ2v) is 8.96. The summed E-state index contributed by atoms with van der Waals surface area (Å²) in [5.41, 5.74) is 8.25. The SMILES string of the molecule is CN(C)c1ccc(C=CC(C=Cc2ccc(N(C)C)cc2)=CC=C2C=CC(=[N+](C)C)C=C2)cc1. The van der Waals surface area contributed by atoms with Crippen molar-refractivity contribution in [2.45, 2.75) is 0 Å². The molecule has 34 heavy (non-hydrogen) atoms. The monoisotopic (exact) mass is 450 g/mol. The van der Waals surface area contributed by atoms with Gasteiger partial charge in [0.25, 0.3) is 0 Å². The minimum absolute atomic E-state index is 1.13. The molecule has 3 nitrogen and oxygen atoms in total. The number of benzene rings is 2. The fourth-order valence-electron chi connectivity index (χ4n) is 3.39. The van der Waals surface area contributed by atoms with E-state index in [2.05, 4.69) is 166 Å². The molecule has 0 saturated carbocycles. The van der Waals surface area contributed by atoms with Gasteiger partial charge in [-0.05, 0) is 58.7 Å². The average Bonchev–Trinajstić information content (AvgIpc) is 2.84. The van der Waals surface area contributed by atoms with Gasteiger partial charge in [0, 0.05) is 51.7 Å². The molecule has 0 atom stereocenters. The molecule has 3 rings (SSSR count). The number of nitrogens with zero attached hydrogens (tertiary/aromatic N) is 3. The molecule has 174 valence electrons. The Balaban J connectivity index is 1.85. The lowest BCUT2D eigenvalue weighted by atomic mass is 10.1. The summed E-state index contributed by atoms with van der Waals surface area (Å²) in [6, 6.07) is 17.2. The summed E-state index contributed by atoms with van der Waals surface area (Å²) in [5, 5.41) is 0. The highest BCUT2D eigenvalue weighted by molar-refractivity contribution is 6.02. The average molecular weight is 451 g/mol. The van der Waals surface area contributed by atoms with Gasteiger partial charge in [-0.15, -0.1) is 0 Å². The van der Waals surface area contributed by atoms with Crippen molar-refractivity contribution in [1.82, 2.24) is 0 Å². The van der Waals surface area contributed by atoms with Gasteiger partial charge in [0.15, 0.2) is 5.71 Å². The van der Waals surface area contributed by atoms with Gasteiger partial charge in [-0.3, -0.25) is 0 Å². The highest BCUT2D eigenvalue weighted by atomic mass is 15.1. The minimum Gasteiger partial charge on any atom is -0.378 e. The Bertz CT molecular complexity index is 1090. The minimum atomic E-state index is 1.13. The van der Waals surface area contributed by atoms with Crippen LogP contribution in [0.15, 0.2) is 108 Å². The lowest BCUT2D eigenvalue weighted by molar-refractivity contribution is -0.462. The predicted molar refractivity (Wildman–Crippen MR) is 151 cm³/mol. The molecule has 0 saturated heterocycles. The summed E-state index contributed by atoms with van der Waals surface area (Å²) in [5.74, 6) is 0. The summed E-state index contributed by atoms with van der Waals surface area (Å²) in [6.07, 6.45) is 21.6. The topological polar surface area (TPSA) is 9.49 Å². The number of anilines is 2. The van der Waals surface area contributed by atoms with Gasteiger partial charge in [-0.1, -0.05) is 60.7 Å². The van der Waals surface area contributed by atoms with Crippen molar-refractivity contribution in [1.29, 1.82) is 0 Å². The molecule has 1 aliphatic rings. The zero-order valence-electron chi connectivity index (χ0n) is 21.2. The fourth-order valence-corrected chi connectivity index (χ4v) is 3.39. The quantitative estimate of drug-likeness (QED) is 0.365. The Hall–Kier alpha value is -3.85. The number of hydrogen-bond acceptors (Lipinski definition) is 2. The highest BCUT2D eigenvalue weighted by Gasteiger charge is 2.03. The Kier molecular flexibility index (Phi) is 8.64. The molecule has 3 heteroatoms. The maximum absolute atomic E-state index is 2.17. The third kappa shape index (κ3) is 7.35. The second kappa shape index (κ2) is 11.9.